The molecule has 0 aliphatic carbocycles. The number of carboxylic acids is 1. The molecular formula is C8H6N4O2S. The van der Waals surface area contributed by atoms with Crippen LogP contribution < -0.4 is 0 Å². The number of aromatic nitrogens is 4. The highest BCUT2D eigenvalue weighted by atomic mass is 32.2. The fourth-order valence-electron chi connectivity index (χ4n) is 0.955. The Morgan fingerprint density at radius 1 is 1.47 bits per heavy atom. The van der Waals surface area contributed by atoms with Gasteiger partial charge in [0.1, 0.15) is 5.03 Å². The number of hydrogen-bond donors (Lipinski definition) is 2. The van der Waals surface area contributed by atoms with Crippen molar-refractivity contribution in [2.45, 2.75) is 10.2 Å². The van der Waals surface area contributed by atoms with Gasteiger partial charge in [-0.2, -0.15) is 5.10 Å². The number of carbonyl (C=O) groups is 1. The van der Waals surface area contributed by atoms with E-state index in [2.05, 4.69) is 20.2 Å². The molecule has 2 aromatic heterocycles. The summed E-state index contributed by atoms with van der Waals surface area (Å²) in [6.45, 7) is 0. The number of imidazole rings is 1. The molecule has 2 rings (SSSR count). The number of H-pyrrole nitrogens is 1. The smallest absolute Gasteiger partial charge is 0.338 e. The number of carboxylic acid groups (broad SMARTS) is 1. The van der Waals surface area contributed by atoms with Crippen molar-refractivity contribution in [2.75, 3.05) is 0 Å². The molecule has 2 aromatic rings. The Hall–Kier alpha value is -1.89. The lowest BCUT2D eigenvalue weighted by atomic mass is 10.3. The van der Waals surface area contributed by atoms with Crippen molar-refractivity contribution in [1.82, 2.24) is 20.2 Å². The second-order valence-electron chi connectivity index (χ2n) is 2.55. The Morgan fingerprint density at radius 3 is 3.00 bits per heavy atom. The summed E-state index contributed by atoms with van der Waals surface area (Å²) in [6.07, 6.45) is 4.58. The van der Waals surface area contributed by atoms with Gasteiger partial charge in [0.25, 0.3) is 0 Å². The van der Waals surface area contributed by atoms with Crippen molar-refractivity contribution in [3.63, 3.8) is 0 Å². The molecule has 0 atom stereocenters. The standard InChI is InChI=1S/C8H6N4O2S/c13-7(14)5-1-2-11-12-6(5)15-8-9-3-4-10-8/h1-4H,(H,9,10)(H,13,14). The maximum Gasteiger partial charge on any atom is 0.338 e. The van der Waals surface area contributed by atoms with E-state index < -0.39 is 5.97 Å². The number of rotatable bonds is 3. The third-order valence-corrected chi connectivity index (χ3v) is 2.50. The minimum atomic E-state index is -1.03. The summed E-state index contributed by atoms with van der Waals surface area (Å²) < 4.78 is 0. The van der Waals surface area contributed by atoms with Crippen LogP contribution in [0.2, 0.25) is 0 Å². The molecule has 2 heterocycles. The third-order valence-electron chi connectivity index (χ3n) is 1.58. The van der Waals surface area contributed by atoms with E-state index in [9.17, 15) is 4.79 Å². The van der Waals surface area contributed by atoms with Gasteiger partial charge in [0.2, 0.25) is 0 Å². The van der Waals surface area contributed by atoms with Crippen molar-refractivity contribution < 1.29 is 9.90 Å². The Bertz CT molecular complexity index is 471. The predicted octanol–water partition coefficient (Wildman–Crippen LogP) is 1.05. The van der Waals surface area contributed by atoms with E-state index in [1.807, 2.05) is 0 Å². The normalized spacial score (nSPS) is 10.1. The first-order chi connectivity index (χ1) is 7.27. The highest BCUT2D eigenvalue weighted by Gasteiger charge is 2.13. The highest BCUT2D eigenvalue weighted by Crippen LogP contribution is 2.24. The maximum absolute atomic E-state index is 10.8. The van der Waals surface area contributed by atoms with Crippen LogP contribution in [0, 0.1) is 0 Å². The van der Waals surface area contributed by atoms with Crippen LogP contribution in [0.15, 0.2) is 34.8 Å². The highest BCUT2D eigenvalue weighted by molar-refractivity contribution is 7.99. The molecule has 0 amide bonds. The second kappa shape index (κ2) is 4.09. The molecule has 0 saturated carbocycles. The number of nitrogens with one attached hydrogen (secondary N) is 1. The molecule has 0 fully saturated rings. The Labute approximate surface area is 88.8 Å². The van der Waals surface area contributed by atoms with E-state index in [1.165, 1.54) is 12.3 Å². The van der Waals surface area contributed by atoms with Crippen molar-refractivity contribution in [1.29, 1.82) is 0 Å². The second-order valence-corrected chi connectivity index (χ2v) is 3.53. The van der Waals surface area contributed by atoms with Crippen molar-refractivity contribution >= 4 is 17.7 Å². The monoisotopic (exact) mass is 222 g/mol. The van der Waals surface area contributed by atoms with Gasteiger partial charge >= 0.3 is 5.97 Å². The van der Waals surface area contributed by atoms with E-state index in [4.69, 9.17) is 5.11 Å². The first-order valence-corrected chi connectivity index (χ1v) is 4.81. The lowest BCUT2D eigenvalue weighted by Crippen LogP contribution is -2.01. The van der Waals surface area contributed by atoms with Crippen molar-refractivity contribution in [3.05, 3.63) is 30.2 Å². The maximum atomic E-state index is 10.8. The quantitative estimate of drug-likeness (QED) is 0.806. The molecule has 6 nitrogen and oxygen atoms in total. The molecular weight excluding hydrogens is 216 g/mol. The molecule has 2 N–H and O–H groups in total. The molecule has 0 radical (unpaired) electrons. The van der Waals surface area contributed by atoms with E-state index >= 15 is 0 Å². The summed E-state index contributed by atoms with van der Waals surface area (Å²) in [5, 5.41) is 17.2. The van der Waals surface area contributed by atoms with E-state index in [-0.39, 0.29) is 5.56 Å². The topological polar surface area (TPSA) is 91.8 Å². The summed E-state index contributed by atoms with van der Waals surface area (Å²) in [6, 6.07) is 1.40. The van der Waals surface area contributed by atoms with E-state index in [0.29, 0.717) is 10.2 Å². The van der Waals surface area contributed by atoms with Crippen LogP contribution in [0.4, 0.5) is 0 Å². The van der Waals surface area contributed by atoms with Crippen LogP contribution in [0.3, 0.4) is 0 Å². The number of hydrogen-bond acceptors (Lipinski definition) is 5. The predicted molar refractivity (Wildman–Crippen MR) is 51.7 cm³/mol. The van der Waals surface area contributed by atoms with Gasteiger partial charge in [0, 0.05) is 12.4 Å². The minimum absolute atomic E-state index is 0.117. The fourth-order valence-corrected chi connectivity index (χ4v) is 1.73. The summed E-state index contributed by atoms with van der Waals surface area (Å²) in [7, 11) is 0. The van der Waals surface area contributed by atoms with Crippen molar-refractivity contribution in [3.8, 4) is 0 Å². The van der Waals surface area contributed by atoms with Gasteiger partial charge in [0.05, 0.1) is 11.8 Å². The molecule has 0 saturated heterocycles. The number of aromatic amines is 1. The zero-order valence-corrected chi connectivity index (χ0v) is 8.23. The van der Waals surface area contributed by atoms with Crippen LogP contribution in [0.25, 0.3) is 0 Å². The first-order valence-electron chi connectivity index (χ1n) is 3.99. The van der Waals surface area contributed by atoms with Gasteiger partial charge < -0.3 is 10.1 Å². The molecule has 0 spiro atoms. The average Bonchev–Trinajstić information content (AvgIpc) is 2.71. The van der Waals surface area contributed by atoms with Gasteiger partial charge in [-0.1, -0.05) is 0 Å². The first kappa shape index (κ1) is 9.66. The number of aromatic carboxylic acids is 1. The van der Waals surface area contributed by atoms with Crippen LogP contribution >= 0.6 is 11.8 Å². The Balaban J connectivity index is 2.32. The van der Waals surface area contributed by atoms with Gasteiger partial charge in [-0.05, 0) is 17.8 Å². The molecule has 0 aliphatic heterocycles. The van der Waals surface area contributed by atoms with Crippen LogP contribution in [0.1, 0.15) is 10.4 Å². The lowest BCUT2D eigenvalue weighted by molar-refractivity contribution is 0.0692. The molecule has 15 heavy (non-hydrogen) atoms. The van der Waals surface area contributed by atoms with Gasteiger partial charge in [-0.25, -0.2) is 9.78 Å². The average molecular weight is 222 g/mol. The van der Waals surface area contributed by atoms with Crippen LogP contribution in [0.5, 0.6) is 0 Å². The summed E-state index contributed by atoms with van der Waals surface area (Å²) in [5.74, 6) is -1.03. The third kappa shape index (κ3) is 2.13. The van der Waals surface area contributed by atoms with Gasteiger partial charge in [0.15, 0.2) is 5.16 Å². The fraction of sp³-hybridized carbons (Fsp3) is 0. The molecule has 76 valence electrons. The van der Waals surface area contributed by atoms with E-state index in [0.717, 1.165) is 11.8 Å². The Kier molecular flexibility index (Phi) is 2.64. The summed E-state index contributed by atoms with van der Waals surface area (Å²) in [4.78, 5) is 17.6. The summed E-state index contributed by atoms with van der Waals surface area (Å²) >= 11 is 1.13. The zero-order valence-electron chi connectivity index (χ0n) is 7.41. The lowest BCUT2D eigenvalue weighted by Gasteiger charge is -1.99. The number of nitrogens with zero attached hydrogens (tertiary/aromatic N) is 3. The molecule has 0 unspecified atom stereocenters. The SMILES string of the molecule is O=C(O)c1ccnnc1Sc1ncc[nH]1. The van der Waals surface area contributed by atoms with Crippen LogP contribution in [-0.2, 0) is 0 Å². The van der Waals surface area contributed by atoms with Crippen LogP contribution in [-0.4, -0.2) is 31.2 Å². The molecule has 0 bridgehead atoms. The van der Waals surface area contributed by atoms with Gasteiger partial charge in [-0.3, -0.25) is 0 Å². The van der Waals surface area contributed by atoms with Gasteiger partial charge in [-0.15, -0.1) is 5.10 Å². The van der Waals surface area contributed by atoms with Crippen molar-refractivity contribution in [2.24, 2.45) is 0 Å². The molecule has 7 heteroatoms. The minimum Gasteiger partial charge on any atom is -0.478 e. The largest absolute Gasteiger partial charge is 0.478 e. The Morgan fingerprint density at radius 2 is 2.33 bits per heavy atom. The van der Waals surface area contributed by atoms with E-state index in [1.54, 1.807) is 12.4 Å². The molecule has 0 aromatic carbocycles. The zero-order chi connectivity index (χ0) is 10.7. The molecule has 0 aliphatic rings. The summed E-state index contributed by atoms with van der Waals surface area (Å²) in [5.41, 5.74) is 0.117.